The third-order valence-corrected chi connectivity index (χ3v) is 6.53. The van der Waals surface area contributed by atoms with Crippen LogP contribution in [0.2, 0.25) is 0 Å². The highest BCUT2D eigenvalue weighted by Crippen LogP contribution is 2.34. The van der Waals surface area contributed by atoms with Gasteiger partial charge in [-0.1, -0.05) is 24.3 Å². The molecular formula is C27H25F3N4O2. The van der Waals surface area contributed by atoms with Crippen LogP contribution in [-0.4, -0.2) is 46.3 Å². The van der Waals surface area contributed by atoms with Gasteiger partial charge in [0.2, 0.25) is 0 Å². The Morgan fingerprint density at radius 2 is 1.97 bits per heavy atom. The molecule has 1 saturated heterocycles. The van der Waals surface area contributed by atoms with E-state index in [2.05, 4.69) is 10.3 Å². The number of carbonyl (C=O) groups excluding carboxylic acids is 1. The lowest BCUT2D eigenvalue weighted by Gasteiger charge is -2.21. The molecule has 1 aliphatic heterocycles. The number of aryl methyl sites for hydroxylation is 1. The third kappa shape index (κ3) is 4.78. The molecule has 0 spiro atoms. The molecule has 0 radical (unpaired) electrons. The van der Waals surface area contributed by atoms with E-state index < -0.39 is 17.7 Å². The molecule has 36 heavy (non-hydrogen) atoms. The van der Waals surface area contributed by atoms with Gasteiger partial charge >= 0.3 is 6.18 Å². The maximum absolute atomic E-state index is 13.1. The molecule has 5 rings (SSSR count). The first-order valence-electron chi connectivity index (χ1n) is 11.8. The summed E-state index contributed by atoms with van der Waals surface area (Å²) < 4.78 is 39.3. The van der Waals surface area contributed by atoms with Crippen LogP contribution in [0, 0.1) is 6.92 Å². The quantitative estimate of drug-likeness (QED) is 0.520. The Balaban J connectivity index is 1.40. The lowest BCUT2D eigenvalue weighted by Crippen LogP contribution is -2.38. The summed E-state index contributed by atoms with van der Waals surface area (Å²) in [4.78, 5) is 24.2. The number of anilines is 1. The Hall–Kier alpha value is -3.88. The van der Waals surface area contributed by atoms with Crippen molar-refractivity contribution >= 4 is 22.6 Å². The van der Waals surface area contributed by atoms with Gasteiger partial charge in [0.15, 0.2) is 5.82 Å². The van der Waals surface area contributed by atoms with Crippen molar-refractivity contribution in [2.24, 2.45) is 0 Å². The second kappa shape index (κ2) is 9.29. The third-order valence-electron chi connectivity index (χ3n) is 6.53. The molecule has 2 heterocycles. The number of aromatic nitrogens is 2. The van der Waals surface area contributed by atoms with Crippen molar-refractivity contribution < 1.29 is 23.1 Å². The summed E-state index contributed by atoms with van der Waals surface area (Å²) in [5, 5.41) is 14.1. The van der Waals surface area contributed by atoms with Gasteiger partial charge in [0, 0.05) is 35.7 Å². The summed E-state index contributed by atoms with van der Waals surface area (Å²) in [5.74, 6) is 0.660. The number of rotatable bonds is 4. The van der Waals surface area contributed by atoms with Crippen LogP contribution >= 0.6 is 0 Å². The lowest BCUT2D eigenvalue weighted by molar-refractivity contribution is -0.117. The number of phenols is 1. The fraction of sp³-hybridized carbons (Fsp3) is 0.296. The van der Waals surface area contributed by atoms with E-state index in [-0.39, 0.29) is 30.2 Å². The molecule has 2 N–H and O–H groups in total. The molecule has 6 nitrogen and oxygen atoms in total. The standard InChI is InChI=1S/C27H25F3N4O2/c1-16-9-10-20-22(13-16)32-24(21-7-2-3-8-23(21)35)33-25(20)34-12-11-19(15-34)31-26(36)17-5-4-6-18(14-17)27(28,29)30/h2-3,5,7-10,13-14,19,35H,4,6,11-12,15H2,1H3,(H,31,36)/t19-/m1/s1. The Labute approximate surface area is 206 Å². The number of phenolic OH excluding ortho intramolecular Hbond substituents is 1. The largest absolute Gasteiger partial charge is 0.507 e. The van der Waals surface area contributed by atoms with Crippen LogP contribution in [0.25, 0.3) is 22.3 Å². The van der Waals surface area contributed by atoms with E-state index in [4.69, 9.17) is 4.98 Å². The van der Waals surface area contributed by atoms with Gasteiger partial charge in [-0.3, -0.25) is 4.79 Å². The number of nitrogens with zero attached hydrogens (tertiary/aromatic N) is 3. The number of aromatic hydroxyl groups is 1. The van der Waals surface area contributed by atoms with Crippen LogP contribution in [0.1, 0.15) is 24.8 Å². The summed E-state index contributed by atoms with van der Waals surface area (Å²) in [6.07, 6.45) is -1.23. The highest BCUT2D eigenvalue weighted by Gasteiger charge is 2.35. The molecule has 2 aromatic carbocycles. The molecule has 0 bridgehead atoms. The first-order chi connectivity index (χ1) is 17.2. The fourth-order valence-corrected chi connectivity index (χ4v) is 4.67. The zero-order valence-corrected chi connectivity index (χ0v) is 19.6. The topological polar surface area (TPSA) is 78.4 Å². The number of nitrogens with one attached hydrogen (secondary N) is 1. The number of carbonyl (C=O) groups is 1. The lowest BCUT2D eigenvalue weighted by atomic mass is 9.98. The number of hydrogen-bond acceptors (Lipinski definition) is 5. The van der Waals surface area contributed by atoms with Gasteiger partial charge in [-0.25, -0.2) is 9.97 Å². The minimum absolute atomic E-state index is 0.0526. The average Bonchev–Trinajstić information content (AvgIpc) is 3.31. The van der Waals surface area contributed by atoms with E-state index in [1.807, 2.05) is 30.0 Å². The minimum atomic E-state index is -4.43. The molecule has 3 aromatic rings. The minimum Gasteiger partial charge on any atom is -0.507 e. The van der Waals surface area contributed by atoms with Crippen LogP contribution in [-0.2, 0) is 4.79 Å². The predicted octanol–water partition coefficient (Wildman–Crippen LogP) is 5.21. The molecule has 1 aliphatic carbocycles. The van der Waals surface area contributed by atoms with Crippen molar-refractivity contribution in [1.29, 1.82) is 0 Å². The number of para-hydroxylation sites is 1. The van der Waals surface area contributed by atoms with Crippen molar-refractivity contribution in [2.75, 3.05) is 18.0 Å². The van der Waals surface area contributed by atoms with E-state index in [9.17, 15) is 23.1 Å². The van der Waals surface area contributed by atoms with Crippen LogP contribution < -0.4 is 10.2 Å². The van der Waals surface area contributed by atoms with Gasteiger partial charge in [-0.15, -0.1) is 0 Å². The molecule has 1 atom stereocenters. The molecular weight excluding hydrogens is 469 g/mol. The Bertz CT molecular complexity index is 1400. The normalized spacial score (nSPS) is 18.2. The maximum Gasteiger partial charge on any atom is 0.412 e. The van der Waals surface area contributed by atoms with Gasteiger partial charge in [0.1, 0.15) is 11.6 Å². The Kier molecular flexibility index (Phi) is 6.15. The summed E-state index contributed by atoms with van der Waals surface area (Å²) in [6, 6.07) is 12.5. The number of benzene rings is 2. The van der Waals surface area contributed by atoms with Crippen molar-refractivity contribution in [3.05, 3.63) is 71.3 Å². The predicted molar refractivity (Wildman–Crippen MR) is 132 cm³/mol. The van der Waals surface area contributed by atoms with Crippen molar-refractivity contribution in [3.63, 3.8) is 0 Å². The Morgan fingerprint density at radius 1 is 1.17 bits per heavy atom. The van der Waals surface area contributed by atoms with Gasteiger partial charge in [-0.05, 0) is 62.1 Å². The number of halogens is 3. The van der Waals surface area contributed by atoms with Gasteiger partial charge in [-0.2, -0.15) is 13.2 Å². The van der Waals surface area contributed by atoms with Gasteiger partial charge < -0.3 is 15.3 Å². The maximum atomic E-state index is 13.1. The van der Waals surface area contributed by atoms with E-state index >= 15 is 0 Å². The zero-order chi connectivity index (χ0) is 25.4. The first kappa shape index (κ1) is 23.8. The molecule has 1 aromatic heterocycles. The first-order valence-corrected chi connectivity index (χ1v) is 11.8. The van der Waals surface area contributed by atoms with Gasteiger partial charge in [0.05, 0.1) is 11.1 Å². The number of hydrogen-bond donors (Lipinski definition) is 2. The monoisotopic (exact) mass is 494 g/mol. The molecule has 9 heteroatoms. The van der Waals surface area contributed by atoms with Crippen LogP contribution in [0.5, 0.6) is 5.75 Å². The summed E-state index contributed by atoms with van der Waals surface area (Å²) in [5.41, 5.74) is 1.67. The molecule has 1 amide bonds. The zero-order valence-electron chi connectivity index (χ0n) is 19.6. The summed E-state index contributed by atoms with van der Waals surface area (Å²) >= 11 is 0. The number of allylic oxidation sites excluding steroid dienone is 2. The second-order valence-electron chi connectivity index (χ2n) is 9.18. The van der Waals surface area contributed by atoms with Crippen LogP contribution in [0.15, 0.2) is 65.8 Å². The van der Waals surface area contributed by atoms with E-state index in [0.29, 0.717) is 36.7 Å². The molecule has 1 fully saturated rings. The van der Waals surface area contributed by atoms with Crippen molar-refractivity contribution in [1.82, 2.24) is 15.3 Å². The van der Waals surface area contributed by atoms with E-state index in [1.54, 1.807) is 30.3 Å². The highest BCUT2D eigenvalue weighted by atomic mass is 19.4. The van der Waals surface area contributed by atoms with Crippen LogP contribution in [0.3, 0.4) is 0 Å². The average molecular weight is 495 g/mol. The molecule has 186 valence electrons. The summed E-state index contributed by atoms with van der Waals surface area (Å²) in [7, 11) is 0. The molecule has 0 saturated carbocycles. The van der Waals surface area contributed by atoms with Gasteiger partial charge in [0.25, 0.3) is 5.91 Å². The van der Waals surface area contributed by atoms with E-state index in [1.165, 1.54) is 0 Å². The smallest absolute Gasteiger partial charge is 0.412 e. The second-order valence-corrected chi connectivity index (χ2v) is 9.18. The number of alkyl halides is 3. The number of amides is 1. The SMILES string of the molecule is Cc1ccc2c(N3CC[C@@H](NC(=O)C4=CCCC(C(F)(F)F)=C4)C3)nc(-c3ccccc3O)nc2c1. The summed E-state index contributed by atoms with van der Waals surface area (Å²) in [6.45, 7) is 3.03. The van der Waals surface area contributed by atoms with Crippen molar-refractivity contribution in [2.45, 2.75) is 38.4 Å². The fourth-order valence-electron chi connectivity index (χ4n) is 4.67. The highest BCUT2D eigenvalue weighted by molar-refractivity contribution is 5.97. The van der Waals surface area contributed by atoms with E-state index in [0.717, 1.165) is 22.5 Å². The Morgan fingerprint density at radius 3 is 2.75 bits per heavy atom. The van der Waals surface area contributed by atoms with Crippen molar-refractivity contribution in [3.8, 4) is 17.1 Å². The number of fused-ring (bicyclic) bond motifs is 1. The van der Waals surface area contributed by atoms with Crippen LogP contribution in [0.4, 0.5) is 19.0 Å². The molecule has 0 unspecified atom stereocenters. The molecule has 2 aliphatic rings.